The second kappa shape index (κ2) is 12.8. The summed E-state index contributed by atoms with van der Waals surface area (Å²) in [4.78, 5) is 13.2. The Morgan fingerprint density at radius 1 is 1.19 bits per heavy atom. The fourth-order valence-corrected chi connectivity index (χ4v) is 4.66. The number of nitrogens with one attached hydrogen (secondary N) is 1. The molecule has 36 heavy (non-hydrogen) atoms. The molecule has 0 spiro atoms. The number of nitriles is 1. The summed E-state index contributed by atoms with van der Waals surface area (Å²) in [5.74, 6) is -0.112. The second-order valence-electron chi connectivity index (χ2n) is 10.5. The van der Waals surface area contributed by atoms with Gasteiger partial charge in [-0.2, -0.15) is 5.26 Å². The topological polar surface area (TPSA) is 71.3 Å². The predicted octanol–water partition coefficient (Wildman–Crippen LogP) is 7.75. The summed E-state index contributed by atoms with van der Waals surface area (Å²) >= 11 is 12.4. The van der Waals surface area contributed by atoms with Gasteiger partial charge < -0.3 is 14.5 Å². The van der Waals surface area contributed by atoms with Crippen LogP contribution < -0.4 is 10.1 Å². The molecule has 0 aromatic heterocycles. The van der Waals surface area contributed by atoms with E-state index < -0.39 is 8.32 Å². The summed E-state index contributed by atoms with van der Waals surface area (Å²) in [6.07, 6.45) is 0.696. The summed E-state index contributed by atoms with van der Waals surface area (Å²) in [7, 11) is -1.92. The number of halogens is 2. The van der Waals surface area contributed by atoms with Crippen LogP contribution in [0.15, 0.2) is 48.6 Å². The van der Waals surface area contributed by atoms with Crippen molar-refractivity contribution in [1.82, 2.24) is 5.32 Å². The van der Waals surface area contributed by atoms with E-state index in [2.05, 4.69) is 51.8 Å². The van der Waals surface area contributed by atoms with E-state index in [1.807, 2.05) is 19.1 Å². The van der Waals surface area contributed by atoms with Gasteiger partial charge in [-0.05, 0) is 66.9 Å². The van der Waals surface area contributed by atoms with Crippen LogP contribution in [0.25, 0.3) is 0 Å². The van der Waals surface area contributed by atoms with Crippen LogP contribution in [0.3, 0.4) is 0 Å². The summed E-state index contributed by atoms with van der Waals surface area (Å²) in [6.45, 7) is 17.8. The van der Waals surface area contributed by atoms with Gasteiger partial charge in [-0.1, -0.05) is 62.7 Å². The van der Waals surface area contributed by atoms with Crippen LogP contribution in [0.5, 0.6) is 5.75 Å². The molecule has 2 rings (SSSR count). The zero-order valence-corrected chi connectivity index (χ0v) is 24.5. The van der Waals surface area contributed by atoms with E-state index in [1.165, 1.54) is 0 Å². The first kappa shape index (κ1) is 29.9. The summed E-state index contributed by atoms with van der Waals surface area (Å²) in [5.41, 5.74) is 2.36. The summed E-state index contributed by atoms with van der Waals surface area (Å²) in [5, 5.41) is 13.6. The van der Waals surface area contributed by atoms with Crippen molar-refractivity contribution in [2.45, 2.75) is 58.2 Å². The van der Waals surface area contributed by atoms with Gasteiger partial charge in [0.1, 0.15) is 18.4 Å². The molecule has 0 saturated heterocycles. The molecule has 8 heteroatoms. The molecule has 194 valence electrons. The highest BCUT2D eigenvalue weighted by Crippen LogP contribution is 2.37. The van der Waals surface area contributed by atoms with Gasteiger partial charge in [-0.25, -0.2) is 0 Å². The van der Waals surface area contributed by atoms with E-state index in [-0.39, 0.29) is 29.2 Å². The molecule has 1 N–H and O–H groups in total. The largest absolute Gasteiger partial charge is 0.487 e. The molecular weight excluding hydrogens is 511 g/mol. The third-order valence-electron chi connectivity index (χ3n) is 6.50. The number of carbonyl (C=O) groups is 1. The molecule has 2 aromatic rings. The Bertz CT molecular complexity index is 1140. The maximum absolute atomic E-state index is 13.2. The Morgan fingerprint density at radius 3 is 2.47 bits per heavy atom. The highest BCUT2D eigenvalue weighted by molar-refractivity contribution is 6.74. The molecule has 0 bridgehead atoms. The Hall–Kier alpha value is -2.30. The van der Waals surface area contributed by atoms with E-state index in [0.717, 1.165) is 11.1 Å². The number of para-hydroxylation sites is 1. The van der Waals surface area contributed by atoms with Crippen LogP contribution >= 0.6 is 23.2 Å². The van der Waals surface area contributed by atoms with Crippen molar-refractivity contribution in [2.75, 3.05) is 19.8 Å². The van der Waals surface area contributed by atoms with Crippen molar-refractivity contribution in [3.05, 3.63) is 75.3 Å². The van der Waals surface area contributed by atoms with Crippen LogP contribution in [0, 0.1) is 11.3 Å². The summed E-state index contributed by atoms with van der Waals surface area (Å²) < 4.78 is 12.2. The molecule has 2 aromatic carbocycles. The fourth-order valence-electron chi connectivity index (χ4n) is 3.29. The Balaban J connectivity index is 2.23. The van der Waals surface area contributed by atoms with Gasteiger partial charge in [0.05, 0.1) is 21.2 Å². The lowest BCUT2D eigenvalue weighted by atomic mass is 9.95. The number of nitrogens with zero attached hydrogens (tertiary/aromatic N) is 1. The van der Waals surface area contributed by atoms with Crippen molar-refractivity contribution in [3.63, 3.8) is 0 Å². The lowest BCUT2D eigenvalue weighted by Crippen LogP contribution is -2.41. The third-order valence-corrected chi connectivity index (χ3v) is 11.8. The molecule has 0 aliphatic rings. The van der Waals surface area contributed by atoms with Crippen molar-refractivity contribution in [1.29, 1.82) is 5.26 Å². The SMILES string of the molecule is C=C(C)COc1c(C#N)cccc1C(=O)NC[C@@H](CCO[Si](C)(C)C(C)(C)C)c1ccc(Cl)c(Cl)c1. The van der Waals surface area contributed by atoms with E-state index in [4.69, 9.17) is 32.4 Å². The molecule has 1 atom stereocenters. The smallest absolute Gasteiger partial charge is 0.255 e. The zero-order valence-electron chi connectivity index (χ0n) is 22.0. The minimum Gasteiger partial charge on any atom is -0.487 e. The van der Waals surface area contributed by atoms with E-state index in [0.29, 0.717) is 40.7 Å². The summed E-state index contributed by atoms with van der Waals surface area (Å²) in [6, 6.07) is 12.6. The number of carbonyl (C=O) groups excluding carboxylic acids is 1. The fraction of sp³-hybridized carbons (Fsp3) is 0.429. The highest BCUT2D eigenvalue weighted by Gasteiger charge is 2.37. The van der Waals surface area contributed by atoms with Crippen LogP contribution in [0.2, 0.25) is 28.2 Å². The number of hydrogen-bond acceptors (Lipinski definition) is 4. The number of rotatable bonds is 11. The van der Waals surface area contributed by atoms with Crippen LogP contribution in [0.1, 0.15) is 61.5 Å². The number of benzene rings is 2. The number of amides is 1. The van der Waals surface area contributed by atoms with Crippen LogP contribution in [-0.2, 0) is 4.43 Å². The lowest BCUT2D eigenvalue weighted by Gasteiger charge is -2.36. The average Bonchev–Trinajstić information content (AvgIpc) is 2.80. The van der Waals surface area contributed by atoms with Gasteiger partial charge in [0.25, 0.3) is 5.91 Å². The molecular formula is C28H36Cl2N2O3Si. The van der Waals surface area contributed by atoms with Gasteiger partial charge in [0.2, 0.25) is 0 Å². The molecule has 0 heterocycles. The Labute approximate surface area is 226 Å². The van der Waals surface area contributed by atoms with Gasteiger partial charge in [-0.3, -0.25) is 4.79 Å². The lowest BCUT2D eigenvalue weighted by molar-refractivity contribution is 0.0945. The first-order valence-corrected chi connectivity index (χ1v) is 15.6. The molecule has 0 fully saturated rings. The average molecular weight is 548 g/mol. The number of ether oxygens (including phenoxy) is 1. The van der Waals surface area contributed by atoms with E-state index in [9.17, 15) is 10.1 Å². The van der Waals surface area contributed by atoms with Gasteiger partial charge in [0, 0.05) is 19.1 Å². The molecule has 5 nitrogen and oxygen atoms in total. The van der Waals surface area contributed by atoms with Crippen molar-refractivity contribution in [2.24, 2.45) is 0 Å². The number of hydrogen-bond donors (Lipinski definition) is 1. The van der Waals surface area contributed by atoms with E-state index >= 15 is 0 Å². The predicted molar refractivity (Wildman–Crippen MR) is 151 cm³/mol. The van der Waals surface area contributed by atoms with Crippen molar-refractivity contribution in [3.8, 4) is 11.8 Å². The first-order chi connectivity index (χ1) is 16.8. The maximum Gasteiger partial charge on any atom is 0.255 e. The molecule has 0 saturated carbocycles. The quantitative estimate of drug-likeness (QED) is 0.231. The molecule has 1 amide bonds. The molecule has 0 aliphatic carbocycles. The monoisotopic (exact) mass is 546 g/mol. The zero-order chi connectivity index (χ0) is 27.1. The Kier molecular flexibility index (Phi) is 10.6. The van der Waals surface area contributed by atoms with Gasteiger partial charge in [0.15, 0.2) is 8.32 Å². The first-order valence-electron chi connectivity index (χ1n) is 11.9. The van der Waals surface area contributed by atoms with Crippen molar-refractivity contribution < 1.29 is 14.0 Å². The standard InChI is InChI=1S/C28H36Cl2N2O3Si/c1-19(2)18-34-26-21(16-31)9-8-10-23(26)27(33)32-17-22(20-11-12-24(29)25(30)15-20)13-14-35-36(6,7)28(3,4)5/h8-12,15,22H,1,13-14,17-18H2,2-7H3,(H,32,33)/t22-/m1/s1. The van der Waals surface area contributed by atoms with Crippen LogP contribution in [-0.4, -0.2) is 34.0 Å². The van der Waals surface area contributed by atoms with Gasteiger partial charge in [-0.15, -0.1) is 0 Å². The minimum atomic E-state index is -1.92. The molecule has 0 unspecified atom stereocenters. The normalized spacial score (nSPS) is 12.5. The third kappa shape index (κ3) is 8.11. The second-order valence-corrected chi connectivity index (χ2v) is 16.1. The highest BCUT2D eigenvalue weighted by atomic mass is 35.5. The van der Waals surface area contributed by atoms with Gasteiger partial charge >= 0.3 is 0 Å². The van der Waals surface area contributed by atoms with Crippen molar-refractivity contribution >= 4 is 37.4 Å². The molecule has 0 radical (unpaired) electrons. The van der Waals surface area contributed by atoms with Crippen LogP contribution in [0.4, 0.5) is 0 Å². The Morgan fingerprint density at radius 2 is 1.89 bits per heavy atom. The minimum absolute atomic E-state index is 0.0487. The maximum atomic E-state index is 13.2. The molecule has 0 aliphatic heterocycles. The van der Waals surface area contributed by atoms with E-state index in [1.54, 1.807) is 24.3 Å².